The van der Waals surface area contributed by atoms with E-state index in [9.17, 15) is 9.18 Å². The van der Waals surface area contributed by atoms with Crippen LogP contribution in [0.15, 0.2) is 84.9 Å². The van der Waals surface area contributed by atoms with Crippen LogP contribution in [0.25, 0.3) is 0 Å². The monoisotopic (exact) mass is 334 g/mol. The van der Waals surface area contributed by atoms with Gasteiger partial charge in [0.05, 0.1) is 6.04 Å². The van der Waals surface area contributed by atoms with Crippen LogP contribution in [0.1, 0.15) is 17.2 Å². The number of hydrogen-bond acceptors (Lipinski definition) is 1. The number of nitrogens with zero attached hydrogens (tertiary/aromatic N) is 1. The van der Waals surface area contributed by atoms with Crippen molar-refractivity contribution in [2.45, 2.75) is 6.04 Å². The highest BCUT2D eigenvalue weighted by atomic mass is 19.1. The van der Waals surface area contributed by atoms with E-state index in [4.69, 9.17) is 0 Å². The number of halogens is 1. The van der Waals surface area contributed by atoms with Gasteiger partial charge in [-0.15, -0.1) is 0 Å². The van der Waals surface area contributed by atoms with E-state index in [0.29, 0.717) is 0 Å². The number of carbonyl (C=O) groups is 1. The minimum absolute atomic E-state index is 0.232. The van der Waals surface area contributed by atoms with Crippen LogP contribution in [0.5, 0.6) is 0 Å². The zero-order chi connectivity index (χ0) is 17.6. The van der Waals surface area contributed by atoms with Crippen LogP contribution in [-0.2, 0) is 0 Å². The standard InChI is InChI=1S/C21H19FN2O/c1-24(21(25)23-19-10-6-3-7-11-19)20(16-8-4-2-5-9-16)17-12-14-18(22)15-13-17/h2-15,20H,1H3,(H,23,25). The number of anilines is 1. The van der Waals surface area contributed by atoms with Gasteiger partial charge in [-0.1, -0.05) is 60.7 Å². The molecule has 4 heteroatoms. The predicted molar refractivity (Wildman–Crippen MR) is 97.9 cm³/mol. The molecule has 0 heterocycles. The fourth-order valence-electron chi connectivity index (χ4n) is 2.77. The van der Waals surface area contributed by atoms with Gasteiger partial charge < -0.3 is 10.2 Å². The number of para-hydroxylation sites is 1. The van der Waals surface area contributed by atoms with Gasteiger partial charge in [-0.05, 0) is 35.4 Å². The molecule has 0 saturated heterocycles. The largest absolute Gasteiger partial charge is 0.322 e. The van der Waals surface area contributed by atoms with Crippen LogP contribution in [-0.4, -0.2) is 18.0 Å². The second-order valence-corrected chi connectivity index (χ2v) is 5.77. The highest BCUT2D eigenvalue weighted by molar-refractivity contribution is 5.89. The Bertz CT molecular complexity index is 820. The normalized spacial score (nSPS) is 11.6. The molecule has 126 valence electrons. The highest BCUT2D eigenvalue weighted by Gasteiger charge is 2.23. The first-order valence-corrected chi connectivity index (χ1v) is 8.04. The van der Waals surface area contributed by atoms with E-state index in [0.717, 1.165) is 16.8 Å². The van der Waals surface area contributed by atoms with Crippen LogP contribution in [0.3, 0.4) is 0 Å². The molecular weight excluding hydrogens is 315 g/mol. The molecule has 3 nitrogen and oxygen atoms in total. The molecule has 3 aromatic rings. The van der Waals surface area contributed by atoms with Gasteiger partial charge in [0, 0.05) is 12.7 Å². The first kappa shape index (κ1) is 16.7. The minimum atomic E-state index is -0.314. The number of benzene rings is 3. The molecule has 0 fully saturated rings. The lowest BCUT2D eigenvalue weighted by Gasteiger charge is -2.29. The molecule has 0 radical (unpaired) electrons. The maximum atomic E-state index is 13.3. The van der Waals surface area contributed by atoms with E-state index in [1.54, 1.807) is 24.1 Å². The summed E-state index contributed by atoms with van der Waals surface area (Å²) in [6.07, 6.45) is 0. The topological polar surface area (TPSA) is 32.3 Å². The van der Waals surface area contributed by atoms with Gasteiger partial charge in [0.25, 0.3) is 0 Å². The van der Waals surface area contributed by atoms with Crippen molar-refractivity contribution < 1.29 is 9.18 Å². The van der Waals surface area contributed by atoms with Gasteiger partial charge >= 0.3 is 6.03 Å². The number of hydrogen-bond donors (Lipinski definition) is 1. The Morgan fingerprint density at radius 2 is 1.36 bits per heavy atom. The van der Waals surface area contributed by atoms with E-state index in [1.807, 2.05) is 60.7 Å². The maximum absolute atomic E-state index is 13.3. The number of nitrogens with one attached hydrogen (secondary N) is 1. The molecule has 3 rings (SSSR count). The first-order valence-electron chi connectivity index (χ1n) is 8.04. The fourth-order valence-corrected chi connectivity index (χ4v) is 2.77. The zero-order valence-electron chi connectivity index (χ0n) is 13.9. The number of urea groups is 1. The third kappa shape index (κ3) is 4.04. The Morgan fingerprint density at radius 3 is 1.96 bits per heavy atom. The molecule has 0 spiro atoms. The maximum Gasteiger partial charge on any atom is 0.322 e. The lowest BCUT2D eigenvalue weighted by Crippen LogP contribution is -2.35. The molecule has 0 aromatic heterocycles. The second-order valence-electron chi connectivity index (χ2n) is 5.77. The van der Waals surface area contributed by atoms with Crippen LogP contribution >= 0.6 is 0 Å². The third-order valence-corrected chi connectivity index (χ3v) is 4.03. The quantitative estimate of drug-likeness (QED) is 0.709. The molecule has 0 aliphatic heterocycles. The number of rotatable bonds is 4. The van der Waals surface area contributed by atoms with E-state index >= 15 is 0 Å². The summed E-state index contributed by atoms with van der Waals surface area (Å²) < 4.78 is 13.3. The van der Waals surface area contributed by atoms with Crippen LogP contribution in [0.2, 0.25) is 0 Å². The number of carbonyl (C=O) groups excluding carboxylic acids is 1. The second kappa shape index (κ2) is 7.62. The molecule has 0 bridgehead atoms. The molecule has 1 atom stereocenters. The minimum Gasteiger partial charge on any atom is -0.316 e. The van der Waals surface area contributed by atoms with Crippen molar-refractivity contribution in [3.8, 4) is 0 Å². The predicted octanol–water partition coefficient (Wildman–Crippen LogP) is 5.08. The smallest absolute Gasteiger partial charge is 0.316 e. The average Bonchev–Trinajstić information content (AvgIpc) is 2.65. The zero-order valence-corrected chi connectivity index (χ0v) is 13.9. The summed E-state index contributed by atoms with van der Waals surface area (Å²) >= 11 is 0. The molecule has 2 amide bonds. The van der Waals surface area contributed by atoms with Gasteiger partial charge in [-0.2, -0.15) is 0 Å². The van der Waals surface area contributed by atoms with Crippen molar-refractivity contribution in [2.75, 3.05) is 12.4 Å². The summed E-state index contributed by atoms with van der Waals surface area (Å²) in [4.78, 5) is 14.3. The van der Waals surface area contributed by atoms with Gasteiger partial charge in [0.15, 0.2) is 0 Å². The van der Waals surface area contributed by atoms with Crippen LogP contribution < -0.4 is 5.32 Å². The molecule has 1 unspecified atom stereocenters. The van der Waals surface area contributed by atoms with Crippen molar-refractivity contribution in [3.63, 3.8) is 0 Å². The number of amides is 2. The lowest BCUT2D eigenvalue weighted by molar-refractivity contribution is 0.212. The van der Waals surface area contributed by atoms with Crippen molar-refractivity contribution in [1.82, 2.24) is 4.90 Å². The van der Waals surface area contributed by atoms with Gasteiger partial charge in [0.1, 0.15) is 5.82 Å². The summed E-state index contributed by atoms with van der Waals surface area (Å²) in [7, 11) is 1.74. The average molecular weight is 334 g/mol. The van der Waals surface area contributed by atoms with Gasteiger partial charge in [0.2, 0.25) is 0 Å². The van der Waals surface area contributed by atoms with Crippen LogP contribution in [0, 0.1) is 5.82 Å². The van der Waals surface area contributed by atoms with E-state index in [2.05, 4.69) is 5.32 Å². The van der Waals surface area contributed by atoms with Gasteiger partial charge in [-0.25, -0.2) is 9.18 Å². The molecular formula is C21H19FN2O. The summed E-state index contributed by atoms with van der Waals surface area (Å²) in [5.74, 6) is -0.299. The molecule has 0 aliphatic carbocycles. The molecule has 25 heavy (non-hydrogen) atoms. The Hall–Kier alpha value is -3.14. The highest BCUT2D eigenvalue weighted by Crippen LogP contribution is 2.28. The fraction of sp³-hybridized carbons (Fsp3) is 0.0952. The molecule has 3 aromatic carbocycles. The molecule has 1 N–H and O–H groups in total. The van der Waals surface area contributed by atoms with Crippen molar-refractivity contribution in [2.24, 2.45) is 0 Å². The van der Waals surface area contributed by atoms with Gasteiger partial charge in [-0.3, -0.25) is 0 Å². The SMILES string of the molecule is CN(C(=O)Nc1ccccc1)C(c1ccccc1)c1ccc(F)cc1. The molecule has 0 saturated carbocycles. The Balaban J connectivity index is 1.90. The Kier molecular flexibility index (Phi) is 5.09. The first-order chi connectivity index (χ1) is 12.1. The van der Waals surface area contributed by atoms with Crippen molar-refractivity contribution in [3.05, 3.63) is 102 Å². The Morgan fingerprint density at radius 1 is 0.840 bits per heavy atom. The van der Waals surface area contributed by atoms with Crippen LogP contribution in [0.4, 0.5) is 14.9 Å². The summed E-state index contributed by atoms with van der Waals surface area (Å²) in [6, 6.07) is 24.7. The van der Waals surface area contributed by atoms with Crippen molar-refractivity contribution in [1.29, 1.82) is 0 Å². The summed E-state index contributed by atoms with van der Waals surface area (Å²) in [5.41, 5.74) is 2.53. The lowest BCUT2D eigenvalue weighted by atomic mass is 9.97. The van der Waals surface area contributed by atoms with E-state index in [-0.39, 0.29) is 17.9 Å². The Labute approximate surface area is 146 Å². The summed E-state index contributed by atoms with van der Waals surface area (Å²) in [5, 5.41) is 2.89. The van der Waals surface area contributed by atoms with E-state index < -0.39 is 0 Å². The van der Waals surface area contributed by atoms with E-state index in [1.165, 1.54) is 12.1 Å². The van der Waals surface area contributed by atoms with Crippen molar-refractivity contribution >= 4 is 11.7 Å². The third-order valence-electron chi connectivity index (χ3n) is 4.03. The summed E-state index contributed by atoms with van der Waals surface area (Å²) in [6.45, 7) is 0. The molecule has 0 aliphatic rings.